The average Bonchev–Trinajstić information content (AvgIpc) is 3.39. The molecule has 1 aromatic heterocycles. The summed E-state index contributed by atoms with van der Waals surface area (Å²) >= 11 is 0. The van der Waals surface area contributed by atoms with Crippen LogP contribution in [0.25, 0.3) is 11.3 Å². The first-order chi connectivity index (χ1) is 22.2. The fourth-order valence-electron chi connectivity index (χ4n) is 6.20. The lowest BCUT2D eigenvalue weighted by Gasteiger charge is -2.35. The van der Waals surface area contributed by atoms with Gasteiger partial charge < -0.3 is 24.8 Å². The van der Waals surface area contributed by atoms with Crippen LogP contribution in [0.3, 0.4) is 0 Å². The van der Waals surface area contributed by atoms with Crippen molar-refractivity contribution in [3.05, 3.63) is 142 Å². The average molecular weight is 613 g/mol. The predicted octanol–water partition coefficient (Wildman–Crippen LogP) is 6.90. The van der Waals surface area contributed by atoms with Crippen LogP contribution in [0.1, 0.15) is 55.6 Å². The molecule has 2 heterocycles. The van der Waals surface area contributed by atoms with E-state index in [1.165, 1.54) is 11.1 Å². The third kappa shape index (κ3) is 6.06. The number of nitrogens with two attached hydrogens (primary N) is 1. The maximum Gasteiger partial charge on any atom is 0.259 e. The van der Waals surface area contributed by atoms with E-state index in [2.05, 4.69) is 25.1 Å². The predicted molar refractivity (Wildman–Crippen MR) is 183 cm³/mol. The molecule has 0 spiro atoms. The van der Waals surface area contributed by atoms with Gasteiger partial charge in [-0.3, -0.25) is 9.59 Å². The van der Waals surface area contributed by atoms with E-state index in [4.69, 9.17) is 10.5 Å². The zero-order valence-electron chi connectivity index (χ0n) is 26.9. The standard InChI is InChI=1S/C39H40N4O3/c1-26-20-30-12-8-9-13-31(30)24-43(26)39(45)34-19-14-29(23-40)21-36(34)37-22-35(27(2)41(37)3)38(44)42(4)32-15-17-33(18-16-32)46-25-28-10-6-5-7-11-28/h5-19,21-22,26H,20,23-25,40H2,1-4H3/t26-/m1/s1. The minimum absolute atomic E-state index is 0.0287. The molecule has 2 amide bonds. The van der Waals surface area contributed by atoms with Crippen LogP contribution < -0.4 is 15.4 Å². The summed E-state index contributed by atoms with van der Waals surface area (Å²) in [6.07, 6.45) is 0.812. The van der Waals surface area contributed by atoms with E-state index < -0.39 is 0 Å². The Hall–Kier alpha value is -5.14. The molecule has 0 bridgehead atoms. The summed E-state index contributed by atoms with van der Waals surface area (Å²) in [4.78, 5) is 31.7. The van der Waals surface area contributed by atoms with Crippen molar-refractivity contribution in [1.82, 2.24) is 9.47 Å². The van der Waals surface area contributed by atoms with Crippen LogP contribution in [-0.4, -0.2) is 34.4 Å². The normalized spacial score (nSPS) is 14.1. The van der Waals surface area contributed by atoms with Crippen molar-refractivity contribution in [2.75, 3.05) is 11.9 Å². The number of anilines is 1. The lowest BCUT2D eigenvalue weighted by molar-refractivity contribution is 0.0659. The van der Waals surface area contributed by atoms with Gasteiger partial charge >= 0.3 is 0 Å². The highest BCUT2D eigenvalue weighted by Gasteiger charge is 2.30. The van der Waals surface area contributed by atoms with Crippen molar-refractivity contribution in [1.29, 1.82) is 0 Å². The summed E-state index contributed by atoms with van der Waals surface area (Å²) < 4.78 is 7.92. The van der Waals surface area contributed by atoms with Crippen LogP contribution in [0, 0.1) is 6.92 Å². The minimum Gasteiger partial charge on any atom is -0.489 e. The van der Waals surface area contributed by atoms with Crippen molar-refractivity contribution in [3.63, 3.8) is 0 Å². The topological polar surface area (TPSA) is 80.8 Å². The number of carbonyl (C=O) groups excluding carboxylic acids is 2. The van der Waals surface area contributed by atoms with Gasteiger partial charge in [-0.2, -0.15) is 0 Å². The molecule has 0 saturated heterocycles. The molecular weight excluding hydrogens is 572 g/mol. The Morgan fingerprint density at radius 1 is 0.870 bits per heavy atom. The van der Waals surface area contributed by atoms with E-state index >= 15 is 0 Å². The van der Waals surface area contributed by atoms with Gasteiger partial charge in [0.25, 0.3) is 11.8 Å². The number of rotatable bonds is 8. The van der Waals surface area contributed by atoms with E-state index in [0.717, 1.165) is 45.9 Å². The van der Waals surface area contributed by atoms with Gasteiger partial charge in [-0.15, -0.1) is 0 Å². The Bertz CT molecular complexity index is 1880. The van der Waals surface area contributed by atoms with Gasteiger partial charge in [-0.25, -0.2) is 0 Å². The Morgan fingerprint density at radius 3 is 2.28 bits per heavy atom. The smallest absolute Gasteiger partial charge is 0.259 e. The molecule has 7 nitrogen and oxygen atoms in total. The molecule has 234 valence electrons. The molecule has 0 saturated carbocycles. The van der Waals surface area contributed by atoms with Crippen LogP contribution in [0.2, 0.25) is 0 Å². The van der Waals surface area contributed by atoms with E-state index in [-0.39, 0.29) is 17.9 Å². The molecule has 6 rings (SSSR count). The third-order valence-electron chi connectivity index (χ3n) is 9.14. The van der Waals surface area contributed by atoms with Gasteiger partial charge in [0.1, 0.15) is 12.4 Å². The monoisotopic (exact) mass is 612 g/mol. The van der Waals surface area contributed by atoms with Crippen LogP contribution in [0.15, 0.2) is 103 Å². The third-order valence-corrected chi connectivity index (χ3v) is 9.14. The molecule has 2 N–H and O–H groups in total. The highest BCUT2D eigenvalue weighted by molar-refractivity contribution is 6.08. The van der Waals surface area contributed by atoms with Crippen LogP contribution in [0.5, 0.6) is 5.75 Å². The zero-order chi connectivity index (χ0) is 32.4. The minimum atomic E-state index is -0.138. The van der Waals surface area contributed by atoms with Gasteiger partial charge in [0.2, 0.25) is 0 Å². The molecule has 1 aliphatic heterocycles. The second-order valence-electron chi connectivity index (χ2n) is 12.1. The number of benzene rings is 4. The Labute approximate surface area is 270 Å². The number of hydrogen-bond acceptors (Lipinski definition) is 4. The number of ether oxygens (including phenoxy) is 1. The van der Waals surface area contributed by atoms with E-state index in [9.17, 15) is 9.59 Å². The van der Waals surface area contributed by atoms with E-state index in [1.807, 2.05) is 108 Å². The number of fused-ring (bicyclic) bond motifs is 1. The molecule has 7 heteroatoms. The molecule has 1 aliphatic rings. The Kier molecular flexibility index (Phi) is 8.77. The zero-order valence-corrected chi connectivity index (χ0v) is 26.9. The molecule has 0 aliphatic carbocycles. The highest BCUT2D eigenvalue weighted by Crippen LogP contribution is 2.33. The van der Waals surface area contributed by atoms with Crippen LogP contribution in [0.4, 0.5) is 5.69 Å². The highest BCUT2D eigenvalue weighted by atomic mass is 16.5. The summed E-state index contributed by atoms with van der Waals surface area (Å²) in [5, 5.41) is 0. The molecule has 4 aromatic carbocycles. The molecule has 0 fully saturated rings. The summed E-state index contributed by atoms with van der Waals surface area (Å²) in [5.74, 6) is 0.565. The van der Waals surface area contributed by atoms with Crippen LogP contribution in [-0.2, 0) is 33.2 Å². The molecule has 0 unspecified atom stereocenters. The lowest BCUT2D eigenvalue weighted by Crippen LogP contribution is -2.42. The van der Waals surface area contributed by atoms with Gasteiger partial charge in [-0.05, 0) is 85.0 Å². The summed E-state index contributed by atoms with van der Waals surface area (Å²) in [7, 11) is 3.71. The van der Waals surface area contributed by atoms with Gasteiger partial charge in [-0.1, -0.05) is 60.7 Å². The molecule has 1 atom stereocenters. The maximum absolute atomic E-state index is 14.2. The van der Waals surface area contributed by atoms with Gasteiger partial charge in [0.15, 0.2) is 0 Å². The first-order valence-electron chi connectivity index (χ1n) is 15.7. The fraction of sp³-hybridized carbons (Fsp3) is 0.231. The number of aromatic nitrogens is 1. The Balaban J connectivity index is 1.26. The molecule has 0 radical (unpaired) electrons. The quantitative estimate of drug-likeness (QED) is 0.207. The fourth-order valence-corrected chi connectivity index (χ4v) is 6.20. The van der Waals surface area contributed by atoms with Crippen molar-refractivity contribution < 1.29 is 14.3 Å². The first kappa shape index (κ1) is 30.9. The maximum atomic E-state index is 14.2. The Morgan fingerprint density at radius 2 is 1.57 bits per heavy atom. The molecular formula is C39H40N4O3. The van der Waals surface area contributed by atoms with E-state index in [0.29, 0.717) is 30.8 Å². The van der Waals surface area contributed by atoms with Gasteiger partial charge in [0, 0.05) is 61.4 Å². The second-order valence-corrected chi connectivity index (χ2v) is 12.1. The molecule has 5 aromatic rings. The number of amides is 2. The summed E-state index contributed by atoms with van der Waals surface area (Å²) in [5.41, 5.74) is 14.8. The SMILES string of the molecule is Cc1c(C(=O)N(C)c2ccc(OCc3ccccc3)cc2)cc(-c2cc(CN)ccc2C(=O)N2Cc3ccccc3C[C@H]2C)n1C. The second kappa shape index (κ2) is 13.1. The van der Waals surface area contributed by atoms with Crippen molar-refractivity contribution >= 4 is 17.5 Å². The van der Waals surface area contributed by atoms with Crippen LogP contribution >= 0.6 is 0 Å². The first-order valence-corrected chi connectivity index (χ1v) is 15.7. The number of carbonyl (C=O) groups is 2. The van der Waals surface area contributed by atoms with Crippen molar-refractivity contribution in [2.24, 2.45) is 12.8 Å². The number of nitrogens with zero attached hydrogens (tertiary/aromatic N) is 3. The van der Waals surface area contributed by atoms with Gasteiger partial charge in [0.05, 0.1) is 5.56 Å². The van der Waals surface area contributed by atoms with Crippen molar-refractivity contribution in [2.45, 2.75) is 46.0 Å². The molecule has 46 heavy (non-hydrogen) atoms. The lowest BCUT2D eigenvalue weighted by atomic mass is 9.93. The van der Waals surface area contributed by atoms with E-state index in [1.54, 1.807) is 11.9 Å². The van der Waals surface area contributed by atoms with Crippen molar-refractivity contribution in [3.8, 4) is 17.0 Å². The number of hydrogen-bond donors (Lipinski definition) is 1. The summed E-state index contributed by atoms with van der Waals surface area (Å²) in [6, 6.07) is 33.6. The summed E-state index contributed by atoms with van der Waals surface area (Å²) in [6.45, 7) is 5.41. The largest absolute Gasteiger partial charge is 0.489 e.